The van der Waals surface area contributed by atoms with Crippen molar-refractivity contribution in [2.75, 3.05) is 39.3 Å². The van der Waals surface area contributed by atoms with Gasteiger partial charge in [0.2, 0.25) is 5.91 Å². The van der Waals surface area contributed by atoms with Crippen LogP contribution in [0.1, 0.15) is 51.3 Å². The van der Waals surface area contributed by atoms with Crippen LogP contribution in [0.15, 0.2) is 36.7 Å². The Labute approximate surface area is 214 Å². The second-order valence-electron chi connectivity index (χ2n) is 10.7. The highest BCUT2D eigenvalue weighted by molar-refractivity contribution is 7.86. The predicted molar refractivity (Wildman–Crippen MR) is 138 cm³/mol. The van der Waals surface area contributed by atoms with Gasteiger partial charge >= 0.3 is 0 Å². The molecule has 3 aliphatic rings. The average Bonchev–Trinajstić information content (AvgIpc) is 3.37. The minimum Gasteiger partial charge on any atom is -0.342 e. The smallest absolute Gasteiger partial charge is 0.281 e. The molecule has 9 nitrogen and oxygen atoms in total. The van der Waals surface area contributed by atoms with E-state index in [0.717, 1.165) is 56.7 Å². The summed E-state index contributed by atoms with van der Waals surface area (Å²) < 4.78 is 31.5. The number of nitrogens with zero attached hydrogens (tertiary/aromatic N) is 6. The Morgan fingerprint density at radius 3 is 2.31 bits per heavy atom. The average molecular weight is 515 g/mol. The number of hydrogen-bond donors (Lipinski definition) is 0. The summed E-state index contributed by atoms with van der Waals surface area (Å²) in [6.07, 6.45) is 7.63. The molecule has 1 aromatic heterocycles. The Kier molecular flexibility index (Phi) is 7.73. The van der Waals surface area contributed by atoms with Crippen LogP contribution in [0.5, 0.6) is 0 Å². The fourth-order valence-corrected chi connectivity index (χ4v) is 7.53. The van der Waals surface area contributed by atoms with Crippen LogP contribution in [-0.2, 0) is 21.4 Å². The lowest BCUT2D eigenvalue weighted by Crippen LogP contribution is -2.51. The van der Waals surface area contributed by atoms with Gasteiger partial charge in [0, 0.05) is 57.3 Å². The number of benzene rings is 1. The van der Waals surface area contributed by atoms with Crippen LogP contribution in [0.25, 0.3) is 5.69 Å². The molecule has 3 fully saturated rings. The van der Waals surface area contributed by atoms with Gasteiger partial charge in [0.1, 0.15) is 12.2 Å². The van der Waals surface area contributed by atoms with Gasteiger partial charge in [0.15, 0.2) is 0 Å². The van der Waals surface area contributed by atoms with Crippen molar-refractivity contribution >= 4 is 16.1 Å². The molecule has 0 aliphatic carbocycles. The standard InChI is InChI=1S/C26H38N6O3S/c1-21-9-14-30(15-10-21)36(34,35)31-16-11-23(12-17-31)26(33)29-13-5-6-22(19-29)18-25-28-27-20-32(25)24-7-3-2-4-8-24/h2-4,7-8,20-23H,5-6,9-19H2,1H3. The van der Waals surface area contributed by atoms with Crippen molar-refractivity contribution < 1.29 is 13.2 Å². The molecule has 4 heterocycles. The van der Waals surface area contributed by atoms with Gasteiger partial charge in [-0.05, 0) is 62.5 Å². The number of piperidine rings is 3. The topological polar surface area (TPSA) is 91.6 Å². The largest absolute Gasteiger partial charge is 0.342 e. The molecule has 0 N–H and O–H groups in total. The first-order valence-electron chi connectivity index (χ1n) is 13.4. The van der Waals surface area contributed by atoms with E-state index in [1.807, 2.05) is 39.8 Å². The first-order chi connectivity index (χ1) is 17.4. The molecule has 0 saturated carbocycles. The summed E-state index contributed by atoms with van der Waals surface area (Å²) in [5, 5.41) is 8.49. The summed E-state index contributed by atoms with van der Waals surface area (Å²) in [6.45, 7) is 5.77. The molecule has 3 aliphatic heterocycles. The van der Waals surface area contributed by atoms with Crippen molar-refractivity contribution in [1.82, 2.24) is 28.3 Å². The van der Waals surface area contributed by atoms with Gasteiger partial charge in [-0.2, -0.15) is 17.0 Å². The molecule has 0 spiro atoms. The van der Waals surface area contributed by atoms with E-state index in [0.29, 0.717) is 50.9 Å². The van der Waals surface area contributed by atoms with E-state index < -0.39 is 10.2 Å². The van der Waals surface area contributed by atoms with Crippen molar-refractivity contribution in [2.24, 2.45) is 17.8 Å². The third-order valence-corrected chi connectivity index (χ3v) is 10.2. The van der Waals surface area contributed by atoms with Crippen LogP contribution in [-0.4, -0.2) is 81.9 Å². The number of carbonyl (C=O) groups is 1. The van der Waals surface area contributed by atoms with Crippen LogP contribution in [0.2, 0.25) is 0 Å². The highest BCUT2D eigenvalue weighted by Gasteiger charge is 2.37. The van der Waals surface area contributed by atoms with Crippen LogP contribution in [0, 0.1) is 17.8 Å². The highest BCUT2D eigenvalue weighted by atomic mass is 32.2. The minimum absolute atomic E-state index is 0.0930. The third kappa shape index (κ3) is 5.50. The molecule has 0 bridgehead atoms. The summed E-state index contributed by atoms with van der Waals surface area (Å²) in [4.78, 5) is 15.4. The number of likely N-dealkylation sites (tertiary alicyclic amines) is 1. The molecule has 5 rings (SSSR count). The zero-order valence-corrected chi connectivity index (χ0v) is 22.0. The van der Waals surface area contributed by atoms with Gasteiger partial charge in [-0.15, -0.1) is 10.2 Å². The fourth-order valence-electron chi connectivity index (χ4n) is 5.86. The van der Waals surface area contributed by atoms with Gasteiger partial charge in [0.25, 0.3) is 10.2 Å². The van der Waals surface area contributed by atoms with Gasteiger partial charge < -0.3 is 4.90 Å². The first-order valence-corrected chi connectivity index (χ1v) is 14.8. The number of para-hydroxylation sites is 1. The summed E-state index contributed by atoms with van der Waals surface area (Å²) >= 11 is 0. The monoisotopic (exact) mass is 514 g/mol. The summed E-state index contributed by atoms with van der Waals surface area (Å²) in [5.74, 6) is 1.95. The molecule has 36 heavy (non-hydrogen) atoms. The second kappa shape index (κ2) is 11.0. The van der Waals surface area contributed by atoms with Gasteiger partial charge in [-0.1, -0.05) is 25.1 Å². The molecule has 10 heteroatoms. The number of hydrogen-bond acceptors (Lipinski definition) is 5. The maximum atomic E-state index is 13.4. The third-order valence-electron chi connectivity index (χ3n) is 8.15. The zero-order chi connectivity index (χ0) is 25.1. The van der Waals surface area contributed by atoms with Gasteiger partial charge in [-0.3, -0.25) is 9.36 Å². The summed E-state index contributed by atoms with van der Waals surface area (Å²) in [7, 11) is -3.42. The van der Waals surface area contributed by atoms with Crippen LogP contribution in [0.4, 0.5) is 0 Å². The zero-order valence-electron chi connectivity index (χ0n) is 21.2. The summed E-state index contributed by atoms with van der Waals surface area (Å²) in [5.41, 5.74) is 1.04. The molecule has 2 aromatic rings. The van der Waals surface area contributed by atoms with Crippen LogP contribution in [0.3, 0.4) is 0 Å². The van der Waals surface area contributed by atoms with Crippen molar-refractivity contribution in [2.45, 2.75) is 51.9 Å². The Morgan fingerprint density at radius 2 is 1.61 bits per heavy atom. The molecule has 1 aromatic carbocycles. The minimum atomic E-state index is -3.42. The van der Waals surface area contributed by atoms with Crippen molar-refractivity contribution in [3.8, 4) is 5.69 Å². The molecule has 1 unspecified atom stereocenters. The Bertz CT molecular complexity index is 1120. The predicted octanol–water partition coefficient (Wildman–Crippen LogP) is 2.74. The highest BCUT2D eigenvalue weighted by Crippen LogP contribution is 2.28. The van der Waals surface area contributed by atoms with E-state index >= 15 is 0 Å². The van der Waals surface area contributed by atoms with Gasteiger partial charge in [0.05, 0.1) is 0 Å². The number of rotatable bonds is 6. The quantitative estimate of drug-likeness (QED) is 0.591. The molecular weight excluding hydrogens is 476 g/mol. The van der Waals surface area contributed by atoms with Crippen molar-refractivity contribution in [3.63, 3.8) is 0 Å². The lowest BCUT2D eigenvalue weighted by Gasteiger charge is -2.39. The van der Waals surface area contributed by atoms with Crippen molar-refractivity contribution in [1.29, 1.82) is 0 Å². The van der Waals surface area contributed by atoms with E-state index in [4.69, 9.17) is 0 Å². The first kappa shape index (κ1) is 25.4. The lowest BCUT2D eigenvalue weighted by atomic mass is 9.91. The molecule has 1 amide bonds. The number of aromatic nitrogens is 3. The second-order valence-corrected chi connectivity index (χ2v) is 12.6. The maximum absolute atomic E-state index is 13.4. The van der Waals surface area contributed by atoms with E-state index in [-0.39, 0.29) is 11.8 Å². The molecule has 1 atom stereocenters. The summed E-state index contributed by atoms with van der Waals surface area (Å²) in [6, 6.07) is 10.1. The van der Waals surface area contributed by atoms with E-state index in [9.17, 15) is 13.2 Å². The molecule has 3 saturated heterocycles. The lowest BCUT2D eigenvalue weighted by molar-refractivity contribution is -0.138. The molecule has 0 radical (unpaired) electrons. The van der Waals surface area contributed by atoms with Crippen molar-refractivity contribution in [3.05, 3.63) is 42.5 Å². The maximum Gasteiger partial charge on any atom is 0.281 e. The molecule has 196 valence electrons. The van der Waals surface area contributed by atoms with Gasteiger partial charge in [-0.25, -0.2) is 0 Å². The van der Waals surface area contributed by atoms with E-state index in [2.05, 4.69) is 17.1 Å². The Balaban J connectivity index is 1.15. The number of carbonyl (C=O) groups excluding carboxylic acids is 1. The van der Waals surface area contributed by atoms with Crippen LogP contribution < -0.4 is 0 Å². The Morgan fingerprint density at radius 1 is 0.944 bits per heavy atom. The van der Waals surface area contributed by atoms with E-state index in [1.165, 1.54) is 0 Å². The SMILES string of the molecule is CC1CCN(S(=O)(=O)N2CCC(C(=O)N3CCCC(Cc4nncn4-c4ccccc4)C3)CC2)CC1. The van der Waals surface area contributed by atoms with E-state index in [1.54, 1.807) is 14.9 Å². The number of amides is 1. The fraction of sp³-hybridized carbons (Fsp3) is 0.654. The Hall–Kier alpha value is -2.30. The van der Waals surface area contributed by atoms with Crippen LogP contribution >= 0.6 is 0 Å². The normalized spacial score (nSPS) is 23.7. The molecular formula is C26H38N6O3S.